The minimum Gasteiger partial charge on any atom is -0.407 e. The first-order valence-electron chi connectivity index (χ1n) is 11.3. The van der Waals surface area contributed by atoms with E-state index in [1.54, 1.807) is 6.08 Å². The zero-order valence-corrected chi connectivity index (χ0v) is 21.0. The lowest BCUT2D eigenvalue weighted by Gasteiger charge is -2.44. The SMILES string of the molecule is C=C[C@@H](C)[C@H](O)[C@H](C)[C@H](O)[C@H](C)CO[Si](c1ccccc1)(c1ccccc1)C(C)(C)C. The predicted octanol–water partition coefficient (Wildman–Crippen LogP) is 4.38. The molecule has 4 heteroatoms. The molecule has 0 aliphatic rings. The fraction of sp³-hybridized carbons (Fsp3) is 0.481. The minimum absolute atomic E-state index is 0.0746. The molecule has 2 aromatic carbocycles. The molecular weight excluding hydrogens is 400 g/mol. The van der Waals surface area contributed by atoms with Gasteiger partial charge in [-0.2, -0.15) is 0 Å². The van der Waals surface area contributed by atoms with E-state index in [1.165, 1.54) is 10.4 Å². The van der Waals surface area contributed by atoms with Gasteiger partial charge in [-0.15, -0.1) is 6.58 Å². The third kappa shape index (κ3) is 5.56. The lowest BCUT2D eigenvalue weighted by molar-refractivity contribution is -0.0296. The van der Waals surface area contributed by atoms with Crippen LogP contribution in [0.25, 0.3) is 0 Å². The number of rotatable bonds is 10. The van der Waals surface area contributed by atoms with E-state index >= 15 is 0 Å². The Kier molecular flexibility index (Phi) is 8.84. The average molecular weight is 441 g/mol. The van der Waals surface area contributed by atoms with Crippen molar-refractivity contribution in [3.05, 3.63) is 73.3 Å². The lowest BCUT2D eigenvalue weighted by atomic mass is 9.84. The minimum atomic E-state index is -2.64. The first-order valence-corrected chi connectivity index (χ1v) is 13.2. The molecule has 0 amide bonds. The molecule has 2 rings (SSSR count). The molecule has 0 radical (unpaired) electrons. The molecule has 0 spiro atoms. The number of hydrogen-bond donors (Lipinski definition) is 2. The molecule has 0 fully saturated rings. The third-order valence-electron chi connectivity index (χ3n) is 6.55. The molecule has 170 valence electrons. The second-order valence-corrected chi connectivity index (χ2v) is 14.2. The van der Waals surface area contributed by atoms with Crippen LogP contribution in [0.1, 0.15) is 41.5 Å². The van der Waals surface area contributed by atoms with Crippen molar-refractivity contribution in [1.29, 1.82) is 0 Å². The number of hydrogen-bond acceptors (Lipinski definition) is 3. The highest BCUT2D eigenvalue weighted by atomic mass is 28.4. The molecular formula is C27H40O3Si. The van der Waals surface area contributed by atoms with Gasteiger partial charge in [0.1, 0.15) is 0 Å². The van der Waals surface area contributed by atoms with Crippen molar-refractivity contribution < 1.29 is 14.6 Å². The van der Waals surface area contributed by atoms with Crippen LogP contribution in [0.15, 0.2) is 73.3 Å². The van der Waals surface area contributed by atoms with Gasteiger partial charge in [-0.1, -0.05) is 108 Å². The molecule has 5 atom stereocenters. The van der Waals surface area contributed by atoms with Crippen molar-refractivity contribution >= 4 is 18.7 Å². The van der Waals surface area contributed by atoms with Crippen LogP contribution >= 0.6 is 0 Å². The number of aliphatic hydroxyl groups is 2. The van der Waals surface area contributed by atoms with Crippen LogP contribution in [-0.2, 0) is 4.43 Å². The number of benzene rings is 2. The monoisotopic (exact) mass is 440 g/mol. The van der Waals surface area contributed by atoms with Crippen molar-refractivity contribution in [2.45, 2.75) is 58.8 Å². The maximum atomic E-state index is 11.0. The van der Waals surface area contributed by atoms with Gasteiger partial charge in [0.2, 0.25) is 0 Å². The van der Waals surface area contributed by atoms with Gasteiger partial charge in [-0.25, -0.2) is 0 Å². The first-order chi connectivity index (χ1) is 14.6. The quantitative estimate of drug-likeness (QED) is 0.426. The van der Waals surface area contributed by atoms with Gasteiger partial charge in [0.15, 0.2) is 0 Å². The fourth-order valence-electron chi connectivity index (χ4n) is 4.46. The maximum absolute atomic E-state index is 11.0. The van der Waals surface area contributed by atoms with Crippen LogP contribution in [0.2, 0.25) is 5.04 Å². The molecule has 2 aromatic rings. The summed E-state index contributed by atoms with van der Waals surface area (Å²) in [6.07, 6.45) is 0.427. The Balaban J connectivity index is 2.38. The zero-order chi connectivity index (χ0) is 23.2. The largest absolute Gasteiger partial charge is 0.407 e. The van der Waals surface area contributed by atoms with Crippen molar-refractivity contribution in [2.24, 2.45) is 17.8 Å². The topological polar surface area (TPSA) is 49.7 Å². The fourth-order valence-corrected chi connectivity index (χ4v) is 9.12. The van der Waals surface area contributed by atoms with Gasteiger partial charge < -0.3 is 14.6 Å². The normalized spacial score (nSPS) is 17.4. The third-order valence-corrected chi connectivity index (χ3v) is 11.6. The second kappa shape index (κ2) is 10.7. The number of aliphatic hydroxyl groups excluding tert-OH is 2. The molecule has 0 aromatic heterocycles. The molecule has 0 unspecified atom stereocenters. The Bertz CT molecular complexity index is 761. The lowest BCUT2D eigenvalue weighted by Crippen LogP contribution is -2.67. The van der Waals surface area contributed by atoms with E-state index in [9.17, 15) is 10.2 Å². The van der Waals surface area contributed by atoms with E-state index in [-0.39, 0.29) is 22.8 Å². The van der Waals surface area contributed by atoms with Crippen molar-refractivity contribution in [2.75, 3.05) is 6.61 Å². The highest BCUT2D eigenvalue weighted by Gasteiger charge is 2.50. The molecule has 3 nitrogen and oxygen atoms in total. The van der Waals surface area contributed by atoms with Gasteiger partial charge in [-0.3, -0.25) is 0 Å². The molecule has 0 saturated carbocycles. The van der Waals surface area contributed by atoms with Gasteiger partial charge in [-0.05, 0) is 15.4 Å². The summed E-state index contributed by atoms with van der Waals surface area (Å²) in [5.41, 5.74) is 0. The Morgan fingerprint density at radius 3 is 1.71 bits per heavy atom. The van der Waals surface area contributed by atoms with E-state index < -0.39 is 20.5 Å². The summed E-state index contributed by atoms with van der Waals surface area (Å²) in [6.45, 7) is 16.8. The molecule has 0 aliphatic carbocycles. The van der Waals surface area contributed by atoms with Gasteiger partial charge in [0, 0.05) is 24.4 Å². The first kappa shape index (κ1) is 25.5. The Morgan fingerprint density at radius 2 is 1.32 bits per heavy atom. The summed E-state index contributed by atoms with van der Waals surface area (Å²) in [4.78, 5) is 0. The summed E-state index contributed by atoms with van der Waals surface area (Å²) < 4.78 is 6.94. The van der Waals surface area contributed by atoms with Gasteiger partial charge >= 0.3 is 0 Å². The van der Waals surface area contributed by atoms with Crippen LogP contribution < -0.4 is 10.4 Å². The van der Waals surface area contributed by atoms with E-state index in [0.29, 0.717) is 6.61 Å². The Hall–Kier alpha value is -1.72. The predicted molar refractivity (Wildman–Crippen MR) is 133 cm³/mol. The molecule has 0 bridgehead atoms. The second-order valence-electron chi connectivity index (χ2n) is 9.89. The molecule has 0 aliphatic heterocycles. The van der Waals surface area contributed by atoms with E-state index in [0.717, 1.165) is 0 Å². The summed E-state index contributed by atoms with van der Waals surface area (Å²) in [5.74, 6) is -0.469. The van der Waals surface area contributed by atoms with Gasteiger partial charge in [0.05, 0.1) is 12.2 Å². The van der Waals surface area contributed by atoms with Crippen LogP contribution in [0.5, 0.6) is 0 Å². The van der Waals surface area contributed by atoms with Crippen LogP contribution in [-0.4, -0.2) is 37.3 Å². The molecule has 2 N–H and O–H groups in total. The Morgan fingerprint density at radius 1 is 0.871 bits per heavy atom. The van der Waals surface area contributed by atoms with Crippen LogP contribution in [0.3, 0.4) is 0 Å². The van der Waals surface area contributed by atoms with Crippen molar-refractivity contribution in [3.8, 4) is 0 Å². The van der Waals surface area contributed by atoms with E-state index in [4.69, 9.17) is 4.43 Å². The standard InChI is InChI=1S/C27H40O3Si/c1-8-20(2)25(28)22(4)26(29)21(3)19-30-31(27(5,6)7,23-15-11-9-12-16-23)24-17-13-10-14-18-24/h8-18,20-22,25-26,28-29H,1,19H2,2-7H3/t20-,21-,22+,25+,26-/m1/s1. The molecule has 0 heterocycles. The van der Waals surface area contributed by atoms with Gasteiger partial charge in [0.25, 0.3) is 8.32 Å². The average Bonchev–Trinajstić information content (AvgIpc) is 2.77. The zero-order valence-electron chi connectivity index (χ0n) is 20.0. The smallest absolute Gasteiger partial charge is 0.261 e. The molecule has 31 heavy (non-hydrogen) atoms. The summed E-state index contributed by atoms with van der Waals surface area (Å²) in [6, 6.07) is 21.0. The summed E-state index contributed by atoms with van der Waals surface area (Å²) >= 11 is 0. The molecule has 0 saturated heterocycles. The van der Waals surface area contributed by atoms with E-state index in [2.05, 4.69) is 75.9 Å². The summed E-state index contributed by atoms with van der Waals surface area (Å²) in [5, 5.41) is 23.9. The Labute approximate surface area is 189 Å². The van der Waals surface area contributed by atoms with Crippen LogP contribution in [0.4, 0.5) is 0 Å². The highest BCUT2D eigenvalue weighted by molar-refractivity contribution is 6.99. The van der Waals surface area contributed by atoms with Crippen molar-refractivity contribution in [3.63, 3.8) is 0 Å². The van der Waals surface area contributed by atoms with Crippen molar-refractivity contribution in [1.82, 2.24) is 0 Å². The summed E-state index contributed by atoms with van der Waals surface area (Å²) in [7, 11) is -2.64. The van der Waals surface area contributed by atoms with Crippen LogP contribution in [0, 0.1) is 17.8 Å². The maximum Gasteiger partial charge on any atom is 0.261 e. The van der Waals surface area contributed by atoms with E-state index in [1.807, 2.05) is 32.9 Å². The highest BCUT2D eigenvalue weighted by Crippen LogP contribution is 2.37.